The van der Waals surface area contributed by atoms with Crippen LogP contribution in [0.4, 0.5) is 10.5 Å². The third-order valence-corrected chi connectivity index (χ3v) is 6.59. The second kappa shape index (κ2) is 7.20. The zero-order valence-corrected chi connectivity index (χ0v) is 16.3. The number of hydrogen-bond donors (Lipinski definition) is 1. The van der Waals surface area contributed by atoms with Gasteiger partial charge in [0, 0.05) is 16.8 Å². The summed E-state index contributed by atoms with van der Waals surface area (Å²) in [7, 11) is 0. The fraction of sp³-hybridized carbons (Fsp3) is 0.500. The van der Waals surface area contributed by atoms with Gasteiger partial charge in [0.1, 0.15) is 6.54 Å². The molecule has 3 fully saturated rings. The SMILES string of the molecule is C[C@H]([C@@H]1C[C@H]2CC[C@H]1C2)N1C(=O)C(=O)N(CC(=O)Nc2ccc(Cl)cc2)C1=O. The number of carbonyl (C=O) groups excluding carboxylic acids is 4. The summed E-state index contributed by atoms with van der Waals surface area (Å²) in [5.41, 5.74) is 0.493. The van der Waals surface area contributed by atoms with Crippen LogP contribution in [-0.4, -0.2) is 46.1 Å². The number of urea groups is 1. The van der Waals surface area contributed by atoms with Crippen molar-refractivity contribution >= 4 is 41.0 Å². The van der Waals surface area contributed by atoms with Crippen molar-refractivity contribution in [1.82, 2.24) is 9.80 Å². The molecule has 28 heavy (non-hydrogen) atoms. The van der Waals surface area contributed by atoms with Crippen molar-refractivity contribution in [2.75, 3.05) is 11.9 Å². The molecule has 1 aromatic carbocycles. The van der Waals surface area contributed by atoms with Crippen LogP contribution in [0.1, 0.15) is 32.6 Å². The van der Waals surface area contributed by atoms with Crippen LogP contribution in [0.3, 0.4) is 0 Å². The molecule has 0 radical (unpaired) electrons. The van der Waals surface area contributed by atoms with E-state index in [1.807, 2.05) is 6.92 Å². The lowest BCUT2D eigenvalue weighted by molar-refractivity contribution is -0.144. The molecular formula is C20H22ClN3O4. The number of carbonyl (C=O) groups is 4. The molecule has 4 rings (SSSR count). The van der Waals surface area contributed by atoms with Gasteiger partial charge in [-0.05, 0) is 68.2 Å². The maximum absolute atomic E-state index is 12.8. The molecule has 5 amide bonds. The van der Waals surface area contributed by atoms with Gasteiger partial charge in [-0.15, -0.1) is 0 Å². The average molecular weight is 404 g/mol. The van der Waals surface area contributed by atoms with Crippen LogP contribution in [0, 0.1) is 17.8 Å². The van der Waals surface area contributed by atoms with E-state index in [9.17, 15) is 19.2 Å². The molecule has 148 valence electrons. The molecular weight excluding hydrogens is 382 g/mol. The first-order valence-corrected chi connectivity index (χ1v) is 9.97. The highest BCUT2D eigenvalue weighted by Crippen LogP contribution is 2.50. The molecule has 0 spiro atoms. The molecule has 2 saturated carbocycles. The van der Waals surface area contributed by atoms with Crippen LogP contribution in [0.25, 0.3) is 0 Å². The highest BCUT2D eigenvalue weighted by Gasteiger charge is 2.52. The Morgan fingerprint density at radius 1 is 1.14 bits per heavy atom. The largest absolute Gasteiger partial charge is 0.334 e. The summed E-state index contributed by atoms with van der Waals surface area (Å²) in [5, 5.41) is 3.13. The number of amides is 5. The van der Waals surface area contributed by atoms with Gasteiger partial charge in [-0.3, -0.25) is 19.3 Å². The Kier molecular flexibility index (Phi) is 4.87. The van der Waals surface area contributed by atoms with E-state index in [0.717, 1.165) is 29.1 Å². The fourth-order valence-electron chi connectivity index (χ4n) is 4.97. The van der Waals surface area contributed by atoms with Crippen LogP contribution in [0.15, 0.2) is 24.3 Å². The summed E-state index contributed by atoms with van der Waals surface area (Å²) in [6, 6.07) is 5.43. The van der Waals surface area contributed by atoms with Gasteiger partial charge in [0.15, 0.2) is 0 Å². The number of rotatable bonds is 5. The van der Waals surface area contributed by atoms with E-state index >= 15 is 0 Å². The van der Waals surface area contributed by atoms with Crippen molar-refractivity contribution in [2.24, 2.45) is 17.8 Å². The van der Waals surface area contributed by atoms with Crippen molar-refractivity contribution in [2.45, 2.75) is 38.6 Å². The molecule has 2 aliphatic carbocycles. The van der Waals surface area contributed by atoms with Crippen LogP contribution < -0.4 is 5.32 Å². The zero-order chi connectivity index (χ0) is 20.0. The van der Waals surface area contributed by atoms with Crippen LogP contribution in [0.5, 0.6) is 0 Å². The Labute approximate surface area is 168 Å². The number of halogens is 1. The minimum atomic E-state index is -0.939. The number of imide groups is 2. The predicted molar refractivity (Wildman–Crippen MR) is 102 cm³/mol. The smallest absolute Gasteiger partial charge is 0.325 e. The summed E-state index contributed by atoms with van der Waals surface area (Å²) < 4.78 is 0. The fourth-order valence-corrected chi connectivity index (χ4v) is 5.10. The van der Waals surface area contributed by atoms with Gasteiger partial charge in [-0.1, -0.05) is 18.0 Å². The second-order valence-electron chi connectivity index (χ2n) is 7.98. The number of nitrogens with zero attached hydrogens (tertiary/aromatic N) is 2. The molecule has 3 aliphatic rings. The summed E-state index contributed by atoms with van der Waals surface area (Å²) in [4.78, 5) is 51.7. The van der Waals surface area contributed by atoms with Gasteiger partial charge in [-0.25, -0.2) is 9.69 Å². The Morgan fingerprint density at radius 3 is 2.46 bits per heavy atom. The number of anilines is 1. The quantitative estimate of drug-likeness (QED) is 0.605. The van der Waals surface area contributed by atoms with Gasteiger partial charge in [0.2, 0.25) is 5.91 Å². The molecule has 1 N–H and O–H groups in total. The highest BCUT2D eigenvalue weighted by atomic mass is 35.5. The highest BCUT2D eigenvalue weighted by molar-refractivity contribution is 6.45. The Bertz CT molecular complexity index is 840. The van der Waals surface area contributed by atoms with E-state index in [1.54, 1.807) is 24.3 Å². The lowest BCUT2D eigenvalue weighted by atomic mass is 9.83. The molecule has 0 aromatic heterocycles. The van der Waals surface area contributed by atoms with Gasteiger partial charge >= 0.3 is 17.8 Å². The van der Waals surface area contributed by atoms with Crippen LogP contribution >= 0.6 is 11.6 Å². The summed E-state index contributed by atoms with van der Waals surface area (Å²) >= 11 is 5.81. The summed E-state index contributed by atoms with van der Waals surface area (Å²) in [5.74, 6) is -0.903. The Hall–Kier alpha value is -2.41. The van der Waals surface area contributed by atoms with Crippen molar-refractivity contribution in [3.63, 3.8) is 0 Å². The number of hydrogen-bond acceptors (Lipinski definition) is 4. The van der Waals surface area contributed by atoms with Crippen molar-refractivity contribution < 1.29 is 19.2 Å². The summed E-state index contributed by atoms with van der Waals surface area (Å²) in [6.07, 6.45) is 4.48. The van der Waals surface area contributed by atoms with E-state index in [1.165, 1.54) is 6.42 Å². The van der Waals surface area contributed by atoms with Gasteiger partial charge in [-0.2, -0.15) is 0 Å². The molecule has 7 nitrogen and oxygen atoms in total. The molecule has 2 bridgehead atoms. The minimum Gasteiger partial charge on any atom is -0.325 e. The predicted octanol–water partition coefficient (Wildman–Crippen LogP) is 2.89. The van der Waals surface area contributed by atoms with E-state index < -0.39 is 30.3 Å². The number of benzene rings is 1. The monoisotopic (exact) mass is 403 g/mol. The van der Waals surface area contributed by atoms with Crippen LogP contribution in [-0.2, 0) is 14.4 Å². The number of fused-ring (bicyclic) bond motifs is 2. The zero-order valence-electron chi connectivity index (χ0n) is 15.6. The molecule has 1 aromatic rings. The molecule has 1 saturated heterocycles. The molecule has 8 heteroatoms. The van der Waals surface area contributed by atoms with E-state index in [4.69, 9.17) is 11.6 Å². The van der Waals surface area contributed by atoms with Gasteiger partial charge < -0.3 is 5.32 Å². The molecule has 1 aliphatic heterocycles. The van der Waals surface area contributed by atoms with E-state index in [-0.39, 0.29) is 12.0 Å². The molecule has 1 heterocycles. The van der Waals surface area contributed by atoms with Crippen molar-refractivity contribution in [3.8, 4) is 0 Å². The van der Waals surface area contributed by atoms with E-state index in [2.05, 4.69) is 5.32 Å². The third-order valence-electron chi connectivity index (χ3n) is 6.33. The maximum atomic E-state index is 12.8. The second-order valence-corrected chi connectivity index (χ2v) is 8.42. The first-order chi connectivity index (χ1) is 13.3. The normalized spacial score (nSPS) is 27.6. The van der Waals surface area contributed by atoms with Crippen LogP contribution in [0.2, 0.25) is 5.02 Å². The summed E-state index contributed by atoms with van der Waals surface area (Å²) in [6.45, 7) is 1.34. The van der Waals surface area contributed by atoms with Crippen molar-refractivity contribution in [1.29, 1.82) is 0 Å². The Balaban J connectivity index is 1.43. The Morgan fingerprint density at radius 2 is 1.86 bits per heavy atom. The lowest BCUT2D eigenvalue weighted by Crippen LogP contribution is -2.45. The van der Waals surface area contributed by atoms with Crippen molar-refractivity contribution in [3.05, 3.63) is 29.3 Å². The average Bonchev–Trinajstić information content (AvgIpc) is 3.35. The first kappa shape index (κ1) is 18.9. The van der Waals surface area contributed by atoms with E-state index in [0.29, 0.717) is 22.5 Å². The van der Waals surface area contributed by atoms with Gasteiger partial charge in [0.25, 0.3) is 0 Å². The standard InChI is InChI=1S/C20H22ClN3O4/c1-11(16-9-12-2-3-13(16)8-12)24-19(27)18(26)23(20(24)28)10-17(25)22-15-6-4-14(21)5-7-15/h4-7,11-13,16H,2-3,8-10H2,1H3,(H,22,25)/t11-,12+,13+,16+/m1/s1. The molecule has 0 unspecified atom stereocenters. The third kappa shape index (κ3) is 3.28. The minimum absolute atomic E-state index is 0.238. The lowest BCUT2D eigenvalue weighted by Gasteiger charge is -2.32. The topological polar surface area (TPSA) is 86.8 Å². The first-order valence-electron chi connectivity index (χ1n) is 9.59. The van der Waals surface area contributed by atoms with Gasteiger partial charge in [0.05, 0.1) is 0 Å². The maximum Gasteiger partial charge on any atom is 0.334 e. The molecule has 4 atom stereocenters. The number of nitrogens with one attached hydrogen (secondary N) is 1.